The van der Waals surface area contributed by atoms with Crippen LogP contribution in [0.1, 0.15) is 22.4 Å². The molecule has 1 aromatic carbocycles. The van der Waals surface area contributed by atoms with Gasteiger partial charge in [-0.1, -0.05) is 30.3 Å². The molecule has 0 saturated heterocycles. The van der Waals surface area contributed by atoms with Gasteiger partial charge < -0.3 is 9.30 Å². The van der Waals surface area contributed by atoms with Crippen molar-refractivity contribution < 1.29 is 4.74 Å². The number of hydrogen-bond donors (Lipinski definition) is 0. The van der Waals surface area contributed by atoms with Gasteiger partial charge in [-0.3, -0.25) is 0 Å². The monoisotopic (exact) mass is 229 g/mol. The summed E-state index contributed by atoms with van der Waals surface area (Å²) < 4.78 is 7.88. The molecule has 0 N–H and O–H groups in total. The van der Waals surface area contributed by atoms with Crippen molar-refractivity contribution in [3.63, 3.8) is 0 Å². The van der Waals surface area contributed by atoms with Gasteiger partial charge in [-0.25, -0.2) is 0 Å². The van der Waals surface area contributed by atoms with Crippen LogP contribution in [0.15, 0.2) is 36.5 Å². The number of aryl methyl sites for hydroxylation is 1. The molecule has 0 bridgehead atoms. The SMILES string of the molecule is Cc1cn(COCc2ccccc2)c(C)c1C. The molecule has 0 fully saturated rings. The van der Waals surface area contributed by atoms with Crippen molar-refractivity contribution in [3.05, 3.63) is 58.9 Å². The lowest BCUT2D eigenvalue weighted by Gasteiger charge is -2.08. The fraction of sp³-hybridized carbons (Fsp3) is 0.333. The minimum atomic E-state index is 0.620. The molecule has 0 spiro atoms. The zero-order chi connectivity index (χ0) is 12.3. The summed E-state index contributed by atoms with van der Waals surface area (Å²) in [6, 6.07) is 10.3. The van der Waals surface area contributed by atoms with Crippen molar-refractivity contribution in [2.75, 3.05) is 0 Å². The van der Waals surface area contributed by atoms with Gasteiger partial charge in [0.15, 0.2) is 0 Å². The highest BCUT2D eigenvalue weighted by Crippen LogP contribution is 2.14. The van der Waals surface area contributed by atoms with Crippen LogP contribution in [0, 0.1) is 20.8 Å². The van der Waals surface area contributed by atoms with E-state index in [4.69, 9.17) is 4.74 Å². The van der Waals surface area contributed by atoms with E-state index in [1.54, 1.807) is 0 Å². The predicted octanol–water partition coefficient (Wildman–Crippen LogP) is 3.59. The van der Waals surface area contributed by atoms with Crippen LogP contribution in [0.5, 0.6) is 0 Å². The molecule has 0 amide bonds. The molecule has 2 nitrogen and oxygen atoms in total. The van der Waals surface area contributed by atoms with Gasteiger partial charge in [0, 0.05) is 11.9 Å². The molecule has 2 aromatic rings. The standard InChI is InChI=1S/C15H19NO/c1-12-9-16(14(3)13(12)2)11-17-10-15-7-5-4-6-8-15/h4-9H,10-11H2,1-3H3. The highest BCUT2D eigenvalue weighted by molar-refractivity contribution is 5.28. The Labute approximate surface area is 103 Å². The van der Waals surface area contributed by atoms with E-state index in [0.29, 0.717) is 13.3 Å². The molecule has 1 aromatic heterocycles. The Morgan fingerprint density at radius 2 is 1.76 bits per heavy atom. The fourth-order valence-electron chi connectivity index (χ4n) is 1.90. The second-order valence-electron chi connectivity index (χ2n) is 4.46. The van der Waals surface area contributed by atoms with Crippen LogP contribution in [0.25, 0.3) is 0 Å². The van der Waals surface area contributed by atoms with Crippen molar-refractivity contribution in [1.29, 1.82) is 0 Å². The first kappa shape index (κ1) is 11.9. The number of nitrogens with zero attached hydrogens (tertiary/aromatic N) is 1. The molecule has 90 valence electrons. The lowest BCUT2D eigenvalue weighted by Crippen LogP contribution is -2.03. The van der Waals surface area contributed by atoms with Gasteiger partial charge in [0.2, 0.25) is 0 Å². The van der Waals surface area contributed by atoms with Crippen molar-refractivity contribution in [3.8, 4) is 0 Å². The fourth-order valence-corrected chi connectivity index (χ4v) is 1.90. The maximum absolute atomic E-state index is 5.72. The summed E-state index contributed by atoms with van der Waals surface area (Å²) >= 11 is 0. The number of ether oxygens (including phenoxy) is 1. The first-order valence-electron chi connectivity index (χ1n) is 5.93. The van der Waals surface area contributed by atoms with E-state index in [0.717, 1.165) is 0 Å². The molecule has 2 rings (SSSR count). The van der Waals surface area contributed by atoms with Crippen molar-refractivity contribution in [2.45, 2.75) is 34.1 Å². The van der Waals surface area contributed by atoms with Crippen molar-refractivity contribution >= 4 is 0 Å². The highest BCUT2D eigenvalue weighted by Gasteiger charge is 2.04. The molecule has 1 heterocycles. The Morgan fingerprint density at radius 3 is 2.35 bits per heavy atom. The zero-order valence-corrected chi connectivity index (χ0v) is 10.7. The minimum Gasteiger partial charge on any atom is -0.356 e. The topological polar surface area (TPSA) is 14.2 Å². The molecule has 17 heavy (non-hydrogen) atoms. The van der Waals surface area contributed by atoms with Crippen LogP contribution >= 0.6 is 0 Å². The highest BCUT2D eigenvalue weighted by atomic mass is 16.5. The van der Waals surface area contributed by atoms with Crippen LogP contribution in [-0.4, -0.2) is 4.57 Å². The summed E-state index contributed by atoms with van der Waals surface area (Å²) in [7, 11) is 0. The van der Waals surface area contributed by atoms with E-state index < -0.39 is 0 Å². The molecule has 0 aliphatic heterocycles. The smallest absolute Gasteiger partial charge is 0.123 e. The lowest BCUT2D eigenvalue weighted by molar-refractivity contribution is 0.0630. The number of hydrogen-bond acceptors (Lipinski definition) is 1. The van der Waals surface area contributed by atoms with Gasteiger partial charge in [0.1, 0.15) is 6.73 Å². The van der Waals surface area contributed by atoms with Crippen LogP contribution in [-0.2, 0) is 18.1 Å². The maximum atomic E-state index is 5.72. The molecule has 0 radical (unpaired) electrons. The normalized spacial score (nSPS) is 10.8. The van der Waals surface area contributed by atoms with Crippen LogP contribution < -0.4 is 0 Å². The largest absolute Gasteiger partial charge is 0.356 e. The first-order valence-corrected chi connectivity index (χ1v) is 5.93. The predicted molar refractivity (Wildman–Crippen MR) is 69.9 cm³/mol. The average Bonchev–Trinajstić information content (AvgIpc) is 2.59. The van der Waals surface area contributed by atoms with Gasteiger partial charge in [0.05, 0.1) is 6.61 Å². The average molecular weight is 229 g/mol. The van der Waals surface area contributed by atoms with Gasteiger partial charge in [0.25, 0.3) is 0 Å². The molecule has 0 unspecified atom stereocenters. The van der Waals surface area contributed by atoms with Crippen LogP contribution in [0.3, 0.4) is 0 Å². The number of aromatic nitrogens is 1. The number of benzene rings is 1. The van der Waals surface area contributed by atoms with Gasteiger partial charge in [-0.2, -0.15) is 0 Å². The van der Waals surface area contributed by atoms with E-state index in [-0.39, 0.29) is 0 Å². The van der Waals surface area contributed by atoms with E-state index in [1.165, 1.54) is 22.4 Å². The summed E-state index contributed by atoms with van der Waals surface area (Å²) in [5, 5.41) is 0. The quantitative estimate of drug-likeness (QED) is 0.781. The van der Waals surface area contributed by atoms with Crippen molar-refractivity contribution in [2.24, 2.45) is 0 Å². The summed E-state index contributed by atoms with van der Waals surface area (Å²) in [5.74, 6) is 0. The molecule has 0 aliphatic carbocycles. The Morgan fingerprint density at radius 1 is 1.06 bits per heavy atom. The Bertz CT molecular complexity index is 485. The minimum absolute atomic E-state index is 0.620. The molecule has 0 atom stereocenters. The first-order chi connectivity index (χ1) is 8.18. The third-order valence-corrected chi connectivity index (χ3v) is 3.26. The Kier molecular flexibility index (Phi) is 3.64. The summed E-state index contributed by atoms with van der Waals surface area (Å²) in [6.45, 7) is 7.70. The van der Waals surface area contributed by atoms with E-state index in [1.807, 2.05) is 18.2 Å². The van der Waals surface area contributed by atoms with Gasteiger partial charge >= 0.3 is 0 Å². The Balaban J connectivity index is 1.92. The molecular weight excluding hydrogens is 210 g/mol. The maximum Gasteiger partial charge on any atom is 0.123 e. The van der Waals surface area contributed by atoms with E-state index in [2.05, 4.69) is 43.7 Å². The van der Waals surface area contributed by atoms with Crippen LogP contribution in [0.4, 0.5) is 0 Å². The van der Waals surface area contributed by atoms with Crippen molar-refractivity contribution in [1.82, 2.24) is 4.57 Å². The van der Waals surface area contributed by atoms with Gasteiger partial charge in [-0.05, 0) is 37.5 Å². The molecule has 2 heteroatoms. The third kappa shape index (κ3) is 2.77. The summed E-state index contributed by atoms with van der Waals surface area (Å²) in [6.07, 6.45) is 2.15. The molecule has 0 saturated carbocycles. The van der Waals surface area contributed by atoms with E-state index in [9.17, 15) is 0 Å². The van der Waals surface area contributed by atoms with Gasteiger partial charge in [-0.15, -0.1) is 0 Å². The number of rotatable bonds is 4. The zero-order valence-electron chi connectivity index (χ0n) is 10.7. The van der Waals surface area contributed by atoms with Crippen LogP contribution in [0.2, 0.25) is 0 Å². The lowest BCUT2D eigenvalue weighted by atomic mass is 10.2. The second-order valence-corrected chi connectivity index (χ2v) is 4.46. The summed E-state index contributed by atoms with van der Waals surface area (Å²) in [5.41, 5.74) is 5.18. The third-order valence-electron chi connectivity index (χ3n) is 3.26. The van der Waals surface area contributed by atoms with E-state index >= 15 is 0 Å². The Hall–Kier alpha value is -1.54. The second kappa shape index (κ2) is 5.19. The molecular formula is C15H19NO. The summed E-state index contributed by atoms with van der Waals surface area (Å²) in [4.78, 5) is 0. The molecule has 0 aliphatic rings.